The highest BCUT2D eigenvalue weighted by molar-refractivity contribution is 5.96. The van der Waals surface area contributed by atoms with Crippen LogP contribution in [0.1, 0.15) is 20.7 Å². The summed E-state index contributed by atoms with van der Waals surface area (Å²) in [7, 11) is 4.20. The van der Waals surface area contributed by atoms with Crippen LogP contribution in [0.25, 0.3) is 0 Å². The summed E-state index contributed by atoms with van der Waals surface area (Å²) >= 11 is 0. The van der Waals surface area contributed by atoms with Crippen LogP contribution in [-0.2, 0) is 14.3 Å². The Balaban J connectivity index is 1.93. The van der Waals surface area contributed by atoms with Crippen LogP contribution in [-0.4, -0.2) is 45.8 Å². The summed E-state index contributed by atoms with van der Waals surface area (Å²) in [5.74, 6) is -0.837. The molecule has 0 bridgehead atoms. The SMILES string of the molecule is COC(=O)c1ccc(NC(=O)COC(=O)c2cc(OC)cc(OC)c2)cc1. The second-order valence-corrected chi connectivity index (χ2v) is 5.29. The molecule has 142 valence electrons. The maximum absolute atomic E-state index is 12.1. The number of esters is 2. The molecular weight excluding hydrogens is 354 g/mol. The van der Waals surface area contributed by atoms with Crippen LogP contribution in [0.15, 0.2) is 42.5 Å². The molecule has 2 rings (SSSR count). The zero-order valence-corrected chi connectivity index (χ0v) is 15.1. The Labute approximate surface area is 156 Å². The maximum Gasteiger partial charge on any atom is 0.338 e. The first-order chi connectivity index (χ1) is 13.0. The first kappa shape index (κ1) is 19.8. The van der Waals surface area contributed by atoms with Gasteiger partial charge in [0.1, 0.15) is 11.5 Å². The van der Waals surface area contributed by atoms with Crippen LogP contribution < -0.4 is 14.8 Å². The van der Waals surface area contributed by atoms with E-state index in [1.54, 1.807) is 18.2 Å². The summed E-state index contributed by atoms with van der Waals surface area (Å²) in [4.78, 5) is 35.4. The third-order valence-electron chi connectivity index (χ3n) is 3.51. The summed E-state index contributed by atoms with van der Waals surface area (Å²) in [5, 5.41) is 2.56. The van der Waals surface area contributed by atoms with Gasteiger partial charge in [-0.1, -0.05) is 0 Å². The molecule has 0 aliphatic heterocycles. The van der Waals surface area contributed by atoms with Gasteiger partial charge in [-0.2, -0.15) is 0 Å². The Morgan fingerprint density at radius 3 is 1.93 bits per heavy atom. The topological polar surface area (TPSA) is 100 Å². The highest BCUT2D eigenvalue weighted by Gasteiger charge is 2.14. The van der Waals surface area contributed by atoms with Gasteiger partial charge in [0, 0.05) is 11.8 Å². The lowest BCUT2D eigenvalue weighted by molar-refractivity contribution is -0.119. The quantitative estimate of drug-likeness (QED) is 0.743. The molecule has 8 heteroatoms. The lowest BCUT2D eigenvalue weighted by Crippen LogP contribution is -2.21. The Kier molecular flexibility index (Phi) is 6.76. The Hall–Kier alpha value is -3.55. The number of methoxy groups -OCH3 is 3. The fraction of sp³-hybridized carbons (Fsp3) is 0.211. The van der Waals surface area contributed by atoms with Gasteiger partial charge in [-0.05, 0) is 36.4 Å². The minimum Gasteiger partial charge on any atom is -0.497 e. The average Bonchev–Trinajstić information content (AvgIpc) is 2.71. The highest BCUT2D eigenvalue weighted by Crippen LogP contribution is 2.23. The first-order valence-corrected chi connectivity index (χ1v) is 7.85. The molecule has 0 fully saturated rings. The van der Waals surface area contributed by atoms with Crippen LogP contribution in [0, 0.1) is 0 Å². The van der Waals surface area contributed by atoms with E-state index in [4.69, 9.17) is 14.2 Å². The zero-order chi connectivity index (χ0) is 19.8. The molecule has 0 saturated carbocycles. The highest BCUT2D eigenvalue weighted by atomic mass is 16.5. The smallest absolute Gasteiger partial charge is 0.338 e. The Bertz CT molecular complexity index is 808. The fourth-order valence-corrected chi connectivity index (χ4v) is 2.14. The molecule has 0 aliphatic rings. The van der Waals surface area contributed by atoms with Crippen molar-refractivity contribution in [2.75, 3.05) is 33.3 Å². The Morgan fingerprint density at radius 2 is 1.41 bits per heavy atom. The van der Waals surface area contributed by atoms with E-state index in [0.29, 0.717) is 22.7 Å². The van der Waals surface area contributed by atoms with Crippen molar-refractivity contribution in [2.24, 2.45) is 0 Å². The minimum atomic E-state index is -0.691. The standard InChI is InChI=1S/C19H19NO7/c1-24-15-8-13(9-16(10-15)25-2)19(23)27-11-17(21)20-14-6-4-12(5-7-14)18(22)26-3/h4-10H,11H2,1-3H3,(H,20,21). The van der Waals surface area contributed by atoms with E-state index < -0.39 is 24.5 Å². The van der Waals surface area contributed by atoms with Gasteiger partial charge >= 0.3 is 11.9 Å². The van der Waals surface area contributed by atoms with E-state index in [1.165, 1.54) is 45.6 Å². The van der Waals surface area contributed by atoms with Gasteiger partial charge in [0.2, 0.25) is 0 Å². The molecule has 0 aliphatic carbocycles. The number of carbonyl (C=O) groups excluding carboxylic acids is 3. The molecule has 0 atom stereocenters. The fourth-order valence-electron chi connectivity index (χ4n) is 2.14. The molecule has 8 nitrogen and oxygen atoms in total. The van der Waals surface area contributed by atoms with Crippen molar-refractivity contribution in [3.8, 4) is 11.5 Å². The second-order valence-electron chi connectivity index (χ2n) is 5.29. The van der Waals surface area contributed by atoms with Crippen molar-refractivity contribution in [1.29, 1.82) is 0 Å². The van der Waals surface area contributed by atoms with Crippen molar-refractivity contribution in [2.45, 2.75) is 0 Å². The lowest BCUT2D eigenvalue weighted by atomic mass is 10.2. The van der Waals surface area contributed by atoms with Gasteiger partial charge in [-0.15, -0.1) is 0 Å². The number of ether oxygens (including phenoxy) is 4. The van der Waals surface area contributed by atoms with Crippen molar-refractivity contribution >= 4 is 23.5 Å². The molecular formula is C19H19NO7. The minimum absolute atomic E-state index is 0.196. The predicted molar refractivity (Wildman–Crippen MR) is 96.2 cm³/mol. The largest absolute Gasteiger partial charge is 0.497 e. The molecule has 0 heterocycles. The number of amides is 1. The van der Waals surface area contributed by atoms with E-state index in [2.05, 4.69) is 10.1 Å². The molecule has 2 aromatic rings. The van der Waals surface area contributed by atoms with Crippen molar-refractivity contribution < 1.29 is 33.3 Å². The van der Waals surface area contributed by atoms with E-state index in [0.717, 1.165) is 0 Å². The third-order valence-corrected chi connectivity index (χ3v) is 3.51. The van der Waals surface area contributed by atoms with Gasteiger partial charge in [0.25, 0.3) is 5.91 Å². The number of hydrogen-bond acceptors (Lipinski definition) is 7. The molecule has 0 saturated heterocycles. The molecule has 0 aromatic heterocycles. The summed E-state index contributed by atoms with van der Waals surface area (Å²) < 4.78 is 19.8. The van der Waals surface area contributed by atoms with Crippen molar-refractivity contribution in [3.05, 3.63) is 53.6 Å². The molecule has 2 aromatic carbocycles. The molecule has 1 N–H and O–H groups in total. The molecule has 0 radical (unpaired) electrons. The molecule has 0 unspecified atom stereocenters. The monoisotopic (exact) mass is 373 g/mol. The first-order valence-electron chi connectivity index (χ1n) is 7.85. The van der Waals surface area contributed by atoms with E-state index >= 15 is 0 Å². The van der Waals surface area contributed by atoms with Crippen LogP contribution >= 0.6 is 0 Å². The zero-order valence-electron chi connectivity index (χ0n) is 15.1. The average molecular weight is 373 g/mol. The normalized spacial score (nSPS) is 9.89. The lowest BCUT2D eigenvalue weighted by Gasteiger charge is -2.09. The predicted octanol–water partition coefficient (Wildman–Crippen LogP) is 2.29. The second kappa shape index (κ2) is 9.23. The van der Waals surface area contributed by atoms with Gasteiger partial charge < -0.3 is 24.3 Å². The summed E-state index contributed by atoms with van der Waals surface area (Å²) in [5.41, 5.74) is 1.00. The third kappa shape index (κ3) is 5.46. The van der Waals surface area contributed by atoms with Gasteiger partial charge in [-0.25, -0.2) is 9.59 Å². The molecule has 1 amide bonds. The summed E-state index contributed by atoms with van der Waals surface area (Å²) in [6.07, 6.45) is 0. The number of rotatable bonds is 7. The summed E-state index contributed by atoms with van der Waals surface area (Å²) in [6, 6.07) is 10.7. The number of hydrogen-bond donors (Lipinski definition) is 1. The summed E-state index contributed by atoms with van der Waals surface area (Å²) in [6.45, 7) is -0.475. The van der Waals surface area contributed by atoms with Gasteiger partial charge in [0.15, 0.2) is 6.61 Å². The van der Waals surface area contributed by atoms with E-state index in [1.807, 2.05) is 0 Å². The van der Waals surface area contributed by atoms with E-state index in [9.17, 15) is 14.4 Å². The van der Waals surface area contributed by atoms with E-state index in [-0.39, 0.29) is 5.56 Å². The van der Waals surface area contributed by atoms with Crippen LogP contribution in [0.5, 0.6) is 11.5 Å². The number of nitrogens with one attached hydrogen (secondary N) is 1. The van der Waals surface area contributed by atoms with Crippen LogP contribution in [0.2, 0.25) is 0 Å². The van der Waals surface area contributed by atoms with Crippen molar-refractivity contribution in [1.82, 2.24) is 0 Å². The van der Waals surface area contributed by atoms with Crippen LogP contribution in [0.4, 0.5) is 5.69 Å². The molecule has 0 spiro atoms. The number of carbonyl (C=O) groups is 3. The molecule has 27 heavy (non-hydrogen) atoms. The number of benzene rings is 2. The van der Waals surface area contributed by atoms with Crippen LogP contribution in [0.3, 0.4) is 0 Å². The van der Waals surface area contributed by atoms with Gasteiger partial charge in [-0.3, -0.25) is 4.79 Å². The maximum atomic E-state index is 12.1. The number of anilines is 1. The van der Waals surface area contributed by atoms with Crippen molar-refractivity contribution in [3.63, 3.8) is 0 Å². The van der Waals surface area contributed by atoms with Gasteiger partial charge in [0.05, 0.1) is 32.5 Å². The Morgan fingerprint density at radius 1 is 0.815 bits per heavy atom.